The Balaban J connectivity index is 1.42. The molecule has 0 saturated heterocycles. The Kier molecular flexibility index (Phi) is 8.11. The average molecular weight is 511 g/mol. The van der Waals surface area contributed by atoms with Gasteiger partial charge >= 0.3 is 0 Å². The summed E-state index contributed by atoms with van der Waals surface area (Å²) in [7, 11) is -3.74. The van der Waals surface area contributed by atoms with E-state index < -0.39 is 16.1 Å². The summed E-state index contributed by atoms with van der Waals surface area (Å²) in [5.74, 6) is 0.287. The minimum atomic E-state index is -3.74. The second-order valence-electron chi connectivity index (χ2n) is 9.81. The van der Waals surface area contributed by atoms with Gasteiger partial charge in [-0.1, -0.05) is 37.3 Å². The largest absolute Gasteiger partial charge is 0.361 e. The van der Waals surface area contributed by atoms with Crippen LogP contribution in [-0.4, -0.2) is 37.8 Å². The van der Waals surface area contributed by atoms with Crippen LogP contribution in [0.25, 0.3) is 10.9 Å². The molecule has 1 heterocycles. The van der Waals surface area contributed by atoms with Gasteiger partial charge in [0, 0.05) is 36.0 Å². The van der Waals surface area contributed by atoms with Gasteiger partial charge in [0.1, 0.15) is 6.04 Å². The maximum atomic E-state index is 13.2. The monoisotopic (exact) mass is 510 g/mol. The van der Waals surface area contributed by atoms with Crippen LogP contribution in [0.1, 0.15) is 43.7 Å². The highest BCUT2D eigenvalue weighted by atomic mass is 32.2. The minimum Gasteiger partial charge on any atom is -0.361 e. The molecule has 1 aromatic heterocycles. The molecule has 3 aromatic rings. The Morgan fingerprint density at radius 1 is 1.06 bits per heavy atom. The number of primary sulfonamides is 1. The number of nitrogens with two attached hydrogens (primary N) is 1. The predicted molar refractivity (Wildman–Crippen MR) is 140 cm³/mol. The van der Waals surface area contributed by atoms with Crippen LogP contribution in [0.15, 0.2) is 59.6 Å². The molecule has 1 atom stereocenters. The van der Waals surface area contributed by atoms with Crippen molar-refractivity contribution in [2.45, 2.75) is 56.4 Å². The van der Waals surface area contributed by atoms with Crippen molar-refractivity contribution in [3.63, 3.8) is 0 Å². The van der Waals surface area contributed by atoms with Gasteiger partial charge < -0.3 is 15.6 Å². The summed E-state index contributed by atoms with van der Waals surface area (Å²) >= 11 is 0. The van der Waals surface area contributed by atoms with Crippen LogP contribution in [0.5, 0.6) is 0 Å². The van der Waals surface area contributed by atoms with Crippen LogP contribution in [0, 0.1) is 11.8 Å². The molecule has 0 spiro atoms. The Morgan fingerprint density at radius 2 is 1.75 bits per heavy atom. The van der Waals surface area contributed by atoms with E-state index in [1.807, 2.05) is 30.5 Å². The molecule has 4 rings (SSSR count). The zero-order chi connectivity index (χ0) is 25.7. The zero-order valence-corrected chi connectivity index (χ0v) is 21.3. The standard InChI is InChI=1S/C27H34N4O4S/c1-18-6-10-20(11-7-18)26(32)31-25(16-21-17-30-24-5-3-2-4-23(21)24)27(33)29-15-14-19-8-12-22(13-9-19)36(28,34)35/h2-5,8-9,12-13,17-18,20,25,30H,6-7,10-11,14-16H2,1H3,(H,29,33)(H,31,32)(H2,28,34,35). The molecular weight excluding hydrogens is 476 g/mol. The predicted octanol–water partition coefficient (Wildman–Crippen LogP) is 3.03. The fraction of sp³-hybridized carbons (Fsp3) is 0.407. The van der Waals surface area contributed by atoms with Crippen molar-refractivity contribution in [1.82, 2.24) is 15.6 Å². The lowest BCUT2D eigenvalue weighted by Gasteiger charge is -2.27. The molecular formula is C27H34N4O4S. The first-order chi connectivity index (χ1) is 17.2. The lowest BCUT2D eigenvalue weighted by atomic mass is 9.82. The molecule has 0 radical (unpaired) electrons. The number of H-pyrrole nitrogens is 1. The van der Waals surface area contributed by atoms with E-state index in [0.717, 1.165) is 47.7 Å². The highest BCUT2D eigenvalue weighted by Crippen LogP contribution is 2.28. The summed E-state index contributed by atoms with van der Waals surface area (Å²) < 4.78 is 22.9. The molecule has 192 valence electrons. The van der Waals surface area contributed by atoms with Gasteiger partial charge in [0.25, 0.3) is 0 Å². The number of sulfonamides is 1. The number of amides is 2. The maximum Gasteiger partial charge on any atom is 0.242 e. The van der Waals surface area contributed by atoms with Crippen molar-refractivity contribution in [3.05, 3.63) is 65.9 Å². The Bertz CT molecular complexity index is 1310. The summed E-state index contributed by atoms with van der Waals surface area (Å²) in [6.45, 7) is 2.57. The molecule has 1 fully saturated rings. The first kappa shape index (κ1) is 25.9. The van der Waals surface area contributed by atoms with Gasteiger partial charge in [-0.3, -0.25) is 9.59 Å². The van der Waals surface area contributed by atoms with Crippen molar-refractivity contribution >= 4 is 32.7 Å². The highest BCUT2D eigenvalue weighted by Gasteiger charge is 2.29. The summed E-state index contributed by atoms with van der Waals surface area (Å²) in [6, 6.07) is 13.5. The quantitative estimate of drug-likeness (QED) is 0.352. The number of nitrogens with one attached hydrogen (secondary N) is 3. The van der Waals surface area contributed by atoms with E-state index in [4.69, 9.17) is 5.14 Å². The number of carbonyl (C=O) groups excluding carboxylic acids is 2. The van der Waals surface area contributed by atoms with Gasteiger partial charge in [-0.25, -0.2) is 13.6 Å². The Labute approximate surface area is 212 Å². The first-order valence-electron chi connectivity index (χ1n) is 12.5. The van der Waals surface area contributed by atoms with E-state index in [0.29, 0.717) is 25.3 Å². The topological polar surface area (TPSA) is 134 Å². The van der Waals surface area contributed by atoms with Gasteiger partial charge in [-0.15, -0.1) is 0 Å². The van der Waals surface area contributed by atoms with Crippen LogP contribution < -0.4 is 15.8 Å². The molecule has 36 heavy (non-hydrogen) atoms. The molecule has 1 unspecified atom stereocenters. The second kappa shape index (κ2) is 11.3. The lowest BCUT2D eigenvalue weighted by molar-refractivity contribution is -0.131. The van der Waals surface area contributed by atoms with E-state index in [-0.39, 0.29) is 22.6 Å². The summed E-state index contributed by atoms with van der Waals surface area (Å²) in [4.78, 5) is 29.6. The smallest absolute Gasteiger partial charge is 0.242 e. The normalized spacial score (nSPS) is 19.1. The Morgan fingerprint density at radius 3 is 2.44 bits per heavy atom. The molecule has 1 saturated carbocycles. The highest BCUT2D eigenvalue weighted by molar-refractivity contribution is 7.89. The molecule has 2 aromatic carbocycles. The number of aromatic amines is 1. The number of fused-ring (bicyclic) bond motifs is 1. The lowest BCUT2D eigenvalue weighted by Crippen LogP contribution is -2.50. The van der Waals surface area contributed by atoms with Crippen LogP contribution in [0.3, 0.4) is 0 Å². The van der Waals surface area contributed by atoms with Crippen LogP contribution in [0.2, 0.25) is 0 Å². The zero-order valence-electron chi connectivity index (χ0n) is 20.5. The third-order valence-corrected chi connectivity index (χ3v) is 8.01. The summed E-state index contributed by atoms with van der Waals surface area (Å²) in [6.07, 6.45) is 6.56. The number of carbonyl (C=O) groups is 2. The van der Waals surface area contributed by atoms with Gasteiger partial charge in [0.15, 0.2) is 0 Å². The number of benzene rings is 2. The van der Waals surface area contributed by atoms with Crippen molar-refractivity contribution in [3.8, 4) is 0 Å². The number of hydrogen-bond acceptors (Lipinski definition) is 4. The fourth-order valence-electron chi connectivity index (χ4n) is 4.84. The number of rotatable bonds is 9. The van der Waals surface area contributed by atoms with Crippen LogP contribution in [-0.2, 0) is 32.5 Å². The average Bonchev–Trinajstić information content (AvgIpc) is 3.26. The number of aromatic nitrogens is 1. The Hall–Kier alpha value is -3.17. The SMILES string of the molecule is CC1CCC(C(=O)NC(Cc2c[nH]c3ccccc23)C(=O)NCCc2ccc(S(N)(=O)=O)cc2)CC1. The molecule has 1 aliphatic rings. The van der Waals surface area contributed by atoms with Crippen molar-refractivity contribution in [1.29, 1.82) is 0 Å². The molecule has 2 amide bonds. The second-order valence-corrected chi connectivity index (χ2v) is 11.4. The van der Waals surface area contributed by atoms with Gasteiger partial charge in [-0.05, 0) is 67.3 Å². The maximum absolute atomic E-state index is 13.2. The molecule has 5 N–H and O–H groups in total. The van der Waals surface area contributed by atoms with Gasteiger partial charge in [0.2, 0.25) is 21.8 Å². The number of hydrogen-bond donors (Lipinski definition) is 4. The molecule has 0 aliphatic heterocycles. The minimum absolute atomic E-state index is 0.0499. The van der Waals surface area contributed by atoms with E-state index in [2.05, 4.69) is 22.5 Å². The fourth-order valence-corrected chi connectivity index (χ4v) is 5.36. The molecule has 1 aliphatic carbocycles. The first-order valence-corrected chi connectivity index (χ1v) is 14.0. The van der Waals surface area contributed by atoms with Gasteiger partial charge in [-0.2, -0.15) is 0 Å². The number of para-hydroxylation sites is 1. The van der Waals surface area contributed by atoms with E-state index in [9.17, 15) is 18.0 Å². The molecule has 0 bridgehead atoms. The van der Waals surface area contributed by atoms with E-state index in [1.54, 1.807) is 12.1 Å². The van der Waals surface area contributed by atoms with Crippen molar-refractivity contribution in [2.75, 3.05) is 6.54 Å². The van der Waals surface area contributed by atoms with Crippen LogP contribution in [0.4, 0.5) is 0 Å². The van der Waals surface area contributed by atoms with Crippen molar-refractivity contribution < 1.29 is 18.0 Å². The van der Waals surface area contributed by atoms with Crippen LogP contribution >= 0.6 is 0 Å². The third kappa shape index (κ3) is 6.53. The molecule has 8 nitrogen and oxygen atoms in total. The van der Waals surface area contributed by atoms with Crippen molar-refractivity contribution in [2.24, 2.45) is 17.0 Å². The molecule has 9 heteroatoms. The summed E-state index contributed by atoms with van der Waals surface area (Å²) in [5, 5.41) is 12.2. The van der Waals surface area contributed by atoms with Gasteiger partial charge in [0.05, 0.1) is 4.90 Å². The third-order valence-electron chi connectivity index (χ3n) is 7.08. The summed E-state index contributed by atoms with van der Waals surface area (Å²) in [5.41, 5.74) is 2.83. The van der Waals surface area contributed by atoms with E-state index >= 15 is 0 Å². The van der Waals surface area contributed by atoms with E-state index in [1.165, 1.54) is 12.1 Å².